The van der Waals surface area contributed by atoms with Crippen molar-refractivity contribution in [1.82, 2.24) is 0 Å². The number of nitrogens with zero attached hydrogens (tertiary/aromatic N) is 1. The molecule has 2 N–H and O–H groups in total. The Labute approximate surface area is 82.6 Å². The lowest BCUT2D eigenvalue weighted by Crippen LogP contribution is -1.97. The molecule has 14 heavy (non-hydrogen) atoms. The number of rotatable bonds is 1. The number of nitrogens with two attached hydrogens (primary N) is 1. The van der Waals surface area contributed by atoms with Crippen molar-refractivity contribution in [2.45, 2.75) is 6.54 Å². The number of nitriles is 1. The molecule has 0 saturated heterocycles. The van der Waals surface area contributed by atoms with Crippen LogP contribution in [0, 0.1) is 11.3 Å². The molecule has 0 spiro atoms. The summed E-state index contributed by atoms with van der Waals surface area (Å²) in [6.45, 7) is 0.468. The maximum absolute atomic E-state index is 8.83. The van der Waals surface area contributed by atoms with Gasteiger partial charge in [0.15, 0.2) is 0 Å². The molecular weight excluding hydrogens is 172 g/mol. The van der Waals surface area contributed by atoms with Gasteiger partial charge in [0.25, 0.3) is 0 Å². The molecule has 2 heteroatoms. The van der Waals surface area contributed by atoms with E-state index in [4.69, 9.17) is 11.0 Å². The van der Waals surface area contributed by atoms with E-state index in [-0.39, 0.29) is 0 Å². The molecule has 2 rings (SSSR count). The van der Waals surface area contributed by atoms with Crippen LogP contribution in [0.4, 0.5) is 0 Å². The van der Waals surface area contributed by atoms with E-state index in [1.54, 1.807) is 0 Å². The molecule has 0 aromatic heterocycles. The van der Waals surface area contributed by atoms with E-state index >= 15 is 0 Å². The van der Waals surface area contributed by atoms with Crippen molar-refractivity contribution in [3.8, 4) is 6.07 Å². The van der Waals surface area contributed by atoms with Crippen molar-refractivity contribution in [2.24, 2.45) is 5.73 Å². The lowest BCUT2D eigenvalue weighted by molar-refractivity contribution is 1.08. The van der Waals surface area contributed by atoms with Crippen molar-refractivity contribution >= 4 is 10.8 Å². The van der Waals surface area contributed by atoms with Crippen molar-refractivity contribution in [3.05, 3.63) is 47.5 Å². The Morgan fingerprint density at radius 3 is 2.71 bits per heavy atom. The molecule has 0 unspecified atom stereocenters. The van der Waals surface area contributed by atoms with Crippen LogP contribution in [-0.4, -0.2) is 0 Å². The fourth-order valence-corrected chi connectivity index (χ4v) is 1.62. The number of hydrogen-bond donors (Lipinski definition) is 1. The molecule has 0 heterocycles. The lowest BCUT2D eigenvalue weighted by Gasteiger charge is -2.04. The van der Waals surface area contributed by atoms with Crippen LogP contribution in [0.3, 0.4) is 0 Å². The van der Waals surface area contributed by atoms with Crippen molar-refractivity contribution < 1.29 is 0 Å². The highest BCUT2D eigenvalue weighted by molar-refractivity contribution is 5.87. The van der Waals surface area contributed by atoms with Gasteiger partial charge in [-0.2, -0.15) is 5.26 Å². The summed E-state index contributed by atoms with van der Waals surface area (Å²) in [6, 6.07) is 13.8. The lowest BCUT2D eigenvalue weighted by atomic mass is 10.0. The minimum atomic E-state index is 0.468. The zero-order valence-electron chi connectivity index (χ0n) is 7.70. The molecule has 0 saturated carbocycles. The Bertz CT molecular complexity index is 509. The normalized spacial score (nSPS) is 10.0. The molecule has 0 aliphatic carbocycles. The Balaban J connectivity index is 2.81. The van der Waals surface area contributed by atoms with E-state index < -0.39 is 0 Å². The number of hydrogen-bond acceptors (Lipinski definition) is 2. The van der Waals surface area contributed by atoms with Gasteiger partial charge in [0.2, 0.25) is 0 Å². The van der Waals surface area contributed by atoms with Crippen molar-refractivity contribution in [1.29, 1.82) is 5.26 Å². The van der Waals surface area contributed by atoms with Gasteiger partial charge in [0.05, 0.1) is 11.6 Å². The molecule has 2 aromatic rings. The monoisotopic (exact) mass is 182 g/mol. The topological polar surface area (TPSA) is 49.8 Å². The van der Waals surface area contributed by atoms with Crippen molar-refractivity contribution in [2.75, 3.05) is 0 Å². The first-order chi connectivity index (χ1) is 6.85. The minimum absolute atomic E-state index is 0.468. The summed E-state index contributed by atoms with van der Waals surface area (Å²) < 4.78 is 0. The van der Waals surface area contributed by atoms with Gasteiger partial charge in [-0.05, 0) is 28.5 Å². The Morgan fingerprint density at radius 2 is 2.00 bits per heavy atom. The summed E-state index contributed by atoms with van der Waals surface area (Å²) >= 11 is 0. The zero-order valence-corrected chi connectivity index (χ0v) is 7.70. The highest BCUT2D eigenvalue weighted by atomic mass is 14.5. The summed E-state index contributed by atoms with van der Waals surface area (Å²) in [5.74, 6) is 0. The highest BCUT2D eigenvalue weighted by Crippen LogP contribution is 2.20. The minimum Gasteiger partial charge on any atom is -0.326 e. The summed E-state index contributed by atoms with van der Waals surface area (Å²) in [4.78, 5) is 0. The second-order valence-electron chi connectivity index (χ2n) is 3.17. The molecule has 2 nitrogen and oxygen atoms in total. The number of benzene rings is 2. The highest BCUT2D eigenvalue weighted by Gasteiger charge is 2.01. The van der Waals surface area contributed by atoms with Crippen LogP contribution in [0.25, 0.3) is 10.8 Å². The van der Waals surface area contributed by atoms with Crippen LogP contribution in [0.15, 0.2) is 36.4 Å². The van der Waals surface area contributed by atoms with E-state index in [0.717, 1.165) is 16.3 Å². The molecule has 0 amide bonds. The molecule has 68 valence electrons. The van der Waals surface area contributed by atoms with Crippen LogP contribution in [0.2, 0.25) is 0 Å². The number of fused-ring (bicyclic) bond motifs is 1. The molecule has 0 atom stereocenters. The van der Waals surface area contributed by atoms with Gasteiger partial charge in [0, 0.05) is 6.54 Å². The van der Waals surface area contributed by atoms with Gasteiger partial charge >= 0.3 is 0 Å². The zero-order chi connectivity index (χ0) is 9.97. The molecule has 2 aromatic carbocycles. The standard InChI is InChI=1S/C12H10N2/c13-7-9-5-10-3-1-2-4-12(10)11(6-9)8-14/h1-6H,8,14H2. The molecule has 0 bridgehead atoms. The first-order valence-corrected chi connectivity index (χ1v) is 4.47. The summed E-state index contributed by atoms with van der Waals surface area (Å²) in [7, 11) is 0. The Morgan fingerprint density at radius 1 is 1.21 bits per heavy atom. The first kappa shape index (κ1) is 8.74. The molecule has 0 fully saturated rings. The first-order valence-electron chi connectivity index (χ1n) is 4.47. The molecular formula is C12H10N2. The summed E-state index contributed by atoms with van der Waals surface area (Å²) in [5.41, 5.74) is 7.33. The van der Waals surface area contributed by atoms with Crippen LogP contribution in [-0.2, 0) is 6.54 Å². The largest absolute Gasteiger partial charge is 0.326 e. The fraction of sp³-hybridized carbons (Fsp3) is 0.0833. The third-order valence-corrected chi connectivity index (χ3v) is 2.30. The average molecular weight is 182 g/mol. The van der Waals surface area contributed by atoms with Crippen molar-refractivity contribution in [3.63, 3.8) is 0 Å². The quantitative estimate of drug-likeness (QED) is 0.734. The van der Waals surface area contributed by atoms with Gasteiger partial charge in [-0.25, -0.2) is 0 Å². The third-order valence-electron chi connectivity index (χ3n) is 2.30. The van der Waals surface area contributed by atoms with Gasteiger partial charge in [-0.1, -0.05) is 24.3 Å². The molecule has 0 radical (unpaired) electrons. The van der Waals surface area contributed by atoms with E-state index in [0.29, 0.717) is 12.1 Å². The van der Waals surface area contributed by atoms with Crippen LogP contribution in [0.5, 0.6) is 0 Å². The Hall–Kier alpha value is -1.85. The van der Waals surface area contributed by atoms with E-state index in [1.807, 2.05) is 36.4 Å². The van der Waals surface area contributed by atoms with Gasteiger partial charge in [0.1, 0.15) is 0 Å². The molecule has 0 aliphatic rings. The summed E-state index contributed by atoms with van der Waals surface area (Å²) in [5, 5.41) is 11.0. The maximum Gasteiger partial charge on any atom is 0.0991 e. The SMILES string of the molecule is N#Cc1cc(CN)c2ccccc2c1. The van der Waals surface area contributed by atoms with E-state index in [1.165, 1.54) is 0 Å². The third kappa shape index (κ3) is 1.34. The van der Waals surface area contributed by atoms with Crippen LogP contribution >= 0.6 is 0 Å². The van der Waals surface area contributed by atoms with Crippen LogP contribution < -0.4 is 5.73 Å². The van der Waals surface area contributed by atoms with Gasteiger partial charge in [-0.3, -0.25) is 0 Å². The van der Waals surface area contributed by atoms with Crippen LogP contribution in [0.1, 0.15) is 11.1 Å². The maximum atomic E-state index is 8.83. The average Bonchev–Trinajstić information content (AvgIpc) is 2.27. The molecule has 0 aliphatic heterocycles. The van der Waals surface area contributed by atoms with E-state index in [9.17, 15) is 0 Å². The predicted octanol–water partition coefficient (Wildman–Crippen LogP) is 2.17. The predicted molar refractivity (Wildman–Crippen MR) is 56.6 cm³/mol. The van der Waals surface area contributed by atoms with Gasteiger partial charge < -0.3 is 5.73 Å². The fourth-order valence-electron chi connectivity index (χ4n) is 1.62. The second kappa shape index (κ2) is 3.49. The smallest absolute Gasteiger partial charge is 0.0991 e. The Kier molecular flexibility index (Phi) is 2.18. The second-order valence-corrected chi connectivity index (χ2v) is 3.17. The summed E-state index contributed by atoms with van der Waals surface area (Å²) in [6.07, 6.45) is 0. The van der Waals surface area contributed by atoms with E-state index in [2.05, 4.69) is 6.07 Å². The van der Waals surface area contributed by atoms with Gasteiger partial charge in [-0.15, -0.1) is 0 Å².